The van der Waals surface area contributed by atoms with Crippen molar-refractivity contribution in [2.45, 2.75) is 6.42 Å². The molecule has 34 heavy (non-hydrogen) atoms. The van der Waals surface area contributed by atoms with E-state index in [0.29, 0.717) is 46.3 Å². The summed E-state index contributed by atoms with van der Waals surface area (Å²) in [6, 6.07) is 21.8. The van der Waals surface area contributed by atoms with Gasteiger partial charge >= 0.3 is 0 Å². The SMILES string of the molecule is O=C1Nc2ccc(Cl)cc2C1=Cc1ccc(-c2cccc(C(=O)NCCc3ccccn3)c2)o1. The molecule has 0 bridgehead atoms. The van der Waals surface area contributed by atoms with Gasteiger partial charge in [0.25, 0.3) is 11.8 Å². The topological polar surface area (TPSA) is 84.2 Å². The van der Waals surface area contributed by atoms with E-state index in [1.54, 1.807) is 48.7 Å². The predicted molar refractivity (Wildman–Crippen MR) is 132 cm³/mol. The number of furan rings is 1. The highest BCUT2D eigenvalue weighted by atomic mass is 35.5. The van der Waals surface area contributed by atoms with Crippen LogP contribution >= 0.6 is 11.6 Å². The van der Waals surface area contributed by atoms with Crippen molar-refractivity contribution in [1.82, 2.24) is 10.3 Å². The summed E-state index contributed by atoms with van der Waals surface area (Å²) in [6.45, 7) is 0.492. The van der Waals surface area contributed by atoms with Crippen LogP contribution in [0.3, 0.4) is 0 Å². The Hall–Kier alpha value is -4.16. The Labute approximate surface area is 201 Å². The van der Waals surface area contributed by atoms with Crippen LogP contribution in [0.15, 0.2) is 83.4 Å². The number of anilines is 1. The van der Waals surface area contributed by atoms with Crippen LogP contribution in [-0.2, 0) is 11.2 Å². The molecule has 2 aromatic heterocycles. The zero-order valence-corrected chi connectivity index (χ0v) is 18.8. The Balaban J connectivity index is 1.31. The molecule has 0 aliphatic carbocycles. The molecule has 6 nitrogen and oxygen atoms in total. The molecule has 0 saturated heterocycles. The van der Waals surface area contributed by atoms with Crippen molar-refractivity contribution >= 4 is 40.8 Å². The number of carbonyl (C=O) groups is 2. The maximum Gasteiger partial charge on any atom is 0.256 e. The quantitative estimate of drug-likeness (QED) is 0.367. The molecule has 1 aliphatic heterocycles. The van der Waals surface area contributed by atoms with Crippen molar-refractivity contribution in [3.05, 3.63) is 107 Å². The van der Waals surface area contributed by atoms with Gasteiger partial charge in [0.1, 0.15) is 11.5 Å². The molecule has 0 unspecified atom stereocenters. The van der Waals surface area contributed by atoms with Gasteiger partial charge in [-0.05, 0) is 60.7 Å². The summed E-state index contributed by atoms with van der Waals surface area (Å²) in [7, 11) is 0. The molecule has 0 radical (unpaired) electrons. The van der Waals surface area contributed by atoms with Crippen molar-refractivity contribution in [3.8, 4) is 11.3 Å². The van der Waals surface area contributed by atoms with E-state index in [9.17, 15) is 9.59 Å². The second-order valence-electron chi connectivity index (χ2n) is 7.81. The third-order valence-electron chi connectivity index (χ3n) is 5.48. The molecule has 4 aromatic rings. The Kier molecular flexibility index (Phi) is 5.97. The zero-order valence-electron chi connectivity index (χ0n) is 18.0. The summed E-state index contributed by atoms with van der Waals surface area (Å²) < 4.78 is 5.97. The van der Waals surface area contributed by atoms with Gasteiger partial charge in [0.05, 0.1) is 5.57 Å². The fraction of sp³-hybridized carbons (Fsp3) is 0.0741. The monoisotopic (exact) mass is 469 g/mol. The molecule has 0 saturated carbocycles. The molecule has 2 N–H and O–H groups in total. The maximum absolute atomic E-state index is 12.6. The van der Waals surface area contributed by atoms with Gasteiger partial charge in [-0.15, -0.1) is 0 Å². The highest BCUT2D eigenvalue weighted by Gasteiger charge is 2.24. The number of benzene rings is 2. The number of hydrogen-bond donors (Lipinski definition) is 2. The predicted octanol–water partition coefficient (Wildman–Crippen LogP) is 5.46. The summed E-state index contributed by atoms with van der Waals surface area (Å²) in [5.74, 6) is 0.750. The van der Waals surface area contributed by atoms with Crippen molar-refractivity contribution in [2.75, 3.05) is 11.9 Å². The third-order valence-corrected chi connectivity index (χ3v) is 5.72. The first kappa shape index (κ1) is 21.7. The number of hydrogen-bond acceptors (Lipinski definition) is 4. The van der Waals surface area contributed by atoms with E-state index in [-0.39, 0.29) is 11.8 Å². The van der Waals surface area contributed by atoms with Crippen molar-refractivity contribution in [3.63, 3.8) is 0 Å². The zero-order chi connectivity index (χ0) is 23.5. The Morgan fingerprint density at radius 2 is 1.97 bits per heavy atom. The lowest BCUT2D eigenvalue weighted by atomic mass is 10.1. The summed E-state index contributed by atoms with van der Waals surface area (Å²) >= 11 is 6.10. The number of aromatic nitrogens is 1. The highest BCUT2D eigenvalue weighted by molar-refractivity contribution is 6.36. The Morgan fingerprint density at radius 3 is 2.82 bits per heavy atom. The molecule has 168 valence electrons. The fourth-order valence-electron chi connectivity index (χ4n) is 3.80. The summed E-state index contributed by atoms with van der Waals surface area (Å²) in [5, 5.41) is 6.30. The Bertz CT molecular complexity index is 1410. The number of halogens is 1. The van der Waals surface area contributed by atoms with Crippen LogP contribution in [0.25, 0.3) is 23.0 Å². The number of rotatable bonds is 6. The van der Waals surface area contributed by atoms with Gasteiger partial charge in [0, 0.05) is 52.3 Å². The Morgan fingerprint density at radius 1 is 1.06 bits per heavy atom. The van der Waals surface area contributed by atoms with Gasteiger partial charge in [0.15, 0.2) is 0 Å². The molecule has 2 aromatic carbocycles. The summed E-state index contributed by atoms with van der Waals surface area (Å²) in [5.41, 5.74) is 4.16. The first-order valence-corrected chi connectivity index (χ1v) is 11.2. The smallest absolute Gasteiger partial charge is 0.256 e. The second kappa shape index (κ2) is 9.37. The van der Waals surface area contributed by atoms with Gasteiger partial charge in [-0.3, -0.25) is 14.6 Å². The van der Waals surface area contributed by atoms with Crippen LogP contribution in [0.4, 0.5) is 5.69 Å². The minimum atomic E-state index is -0.209. The van der Waals surface area contributed by atoms with Crippen LogP contribution in [-0.4, -0.2) is 23.3 Å². The molecule has 5 rings (SSSR count). The molecule has 0 spiro atoms. The van der Waals surface area contributed by atoms with E-state index in [1.165, 1.54) is 0 Å². The van der Waals surface area contributed by atoms with Crippen LogP contribution < -0.4 is 10.6 Å². The van der Waals surface area contributed by atoms with Gasteiger partial charge < -0.3 is 15.1 Å². The van der Waals surface area contributed by atoms with Crippen molar-refractivity contribution in [1.29, 1.82) is 0 Å². The van der Waals surface area contributed by atoms with Gasteiger partial charge in [-0.1, -0.05) is 29.8 Å². The number of carbonyl (C=O) groups excluding carboxylic acids is 2. The van der Waals surface area contributed by atoms with E-state index in [0.717, 1.165) is 16.8 Å². The average molecular weight is 470 g/mol. The lowest BCUT2D eigenvalue weighted by molar-refractivity contribution is -0.110. The van der Waals surface area contributed by atoms with E-state index in [4.69, 9.17) is 16.0 Å². The van der Waals surface area contributed by atoms with Crippen LogP contribution in [0.2, 0.25) is 5.02 Å². The first-order valence-electron chi connectivity index (χ1n) is 10.8. The minimum Gasteiger partial charge on any atom is -0.457 e. The molecule has 7 heteroatoms. The fourth-order valence-corrected chi connectivity index (χ4v) is 3.97. The lowest BCUT2D eigenvalue weighted by Gasteiger charge is -2.06. The van der Waals surface area contributed by atoms with Crippen LogP contribution in [0.1, 0.15) is 27.4 Å². The standard InChI is InChI=1S/C27H20ClN3O3/c28-19-7-9-24-22(15-19)23(27(33)31-24)16-21-8-10-25(34-21)17-4-3-5-18(14-17)26(32)30-13-11-20-6-1-2-12-29-20/h1-10,12,14-16H,11,13H2,(H,30,32)(H,31,33). The maximum atomic E-state index is 12.6. The van der Waals surface area contributed by atoms with Gasteiger partial charge in [-0.25, -0.2) is 0 Å². The molecule has 3 heterocycles. The van der Waals surface area contributed by atoms with E-state index in [2.05, 4.69) is 15.6 Å². The third kappa shape index (κ3) is 4.63. The van der Waals surface area contributed by atoms with Crippen LogP contribution in [0, 0.1) is 0 Å². The largest absolute Gasteiger partial charge is 0.457 e. The molecule has 1 aliphatic rings. The van der Waals surface area contributed by atoms with E-state index < -0.39 is 0 Å². The first-order chi connectivity index (χ1) is 16.6. The number of nitrogens with one attached hydrogen (secondary N) is 2. The number of pyridine rings is 1. The summed E-state index contributed by atoms with van der Waals surface area (Å²) in [4.78, 5) is 29.3. The molecule has 0 atom stereocenters. The van der Waals surface area contributed by atoms with Gasteiger partial charge in [0.2, 0.25) is 0 Å². The molecule has 2 amide bonds. The highest BCUT2D eigenvalue weighted by Crippen LogP contribution is 2.35. The average Bonchev–Trinajstić information content (AvgIpc) is 3.44. The minimum absolute atomic E-state index is 0.164. The molecular weight excluding hydrogens is 450 g/mol. The molecule has 0 fully saturated rings. The lowest BCUT2D eigenvalue weighted by Crippen LogP contribution is -2.25. The van der Waals surface area contributed by atoms with Crippen LogP contribution in [0.5, 0.6) is 0 Å². The number of fused-ring (bicyclic) bond motifs is 1. The normalized spacial score (nSPS) is 13.6. The van der Waals surface area contributed by atoms with E-state index >= 15 is 0 Å². The molecular formula is C27H20ClN3O3. The van der Waals surface area contributed by atoms with Crippen molar-refractivity contribution < 1.29 is 14.0 Å². The van der Waals surface area contributed by atoms with Crippen molar-refractivity contribution in [2.24, 2.45) is 0 Å². The summed E-state index contributed by atoms with van der Waals surface area (Å²) in [6.07, 6.45) is 4.08. The van der Waals surface area contributed by atoms with E-state index in [1.807, 2.05) is 36.4 Å². The van der Waals surface area contributed by atoms with Gasteiger partial charge in [-0.2, -0.15) is 0 Å². The number of amides is 2. The second-order valence-corrected chi connectivity index (χ2v) is 8.25. The number of nitrogens with zero attached hydrogens (tertiary/aromatic N) is 1.